The van der Waals surface area contributed by atoms with E-state index in [-0.39, 0.29) is 48.5 Å². The minimum absolute atomic E-state index is 0. The summed E-state index contributed by atoms with van der Waals surface area (Å²) in [6.45, 7) is 1.40. The molecule has 0 aliphatic carbocycles. The van der Waals surface area contributed by atoms with Gasteiger partial charge in [0.05, 0.1) is 10.6 Å². The first-order valence-electron chi connectivity index (χ1n) is 10.4. The number of amides is 2. The minimum Gasteiger partial charge on any atom is -0.312 e. The number of hydrogen-bond acceptors (Lipinski definition) is 5. The number of anilines is 2. The summed E-state index contributed by atoms with van der Waals surface area (Å²) in [5.74, 6) is -1.75. The highest BCUT2D eigenvalue weighted by atomic mass is 35.5. The van der Waals surface area contributed by atoms with Gasteiger partial charge in [-0.05, 0) is 63.5 Å². The molecule has 2 heterocycles. The Morgan fingerprint density at radius 3 is 2.55 bits per heavy atom. The normalized spacial score (nSPS) is 15.8. The van der Waals surface area contributed by atoms with Crippen LogP contribution < -0.4 is 9.80 Å². The van der Waals surface area contributed by atoms with Crippen LogP contribution in [0.3, 0.4) is 0 Å². The molecule has 2 amide bonds. The van der Waals surface area contributed by atoms with Crippen LogP contribution >= 0.6 is 23.7 Å². The number of fused-ring (bicyclic) bond motifs is 1. The summed E-state index contributed by atoms with van der Waals surface area (Å²) >= 11 is 1.27. The third-order valence-corrected chi connectivity index (χ3v) is 6.50. The summed E-state index contributed by atoms with van der Waals surface area (Å²) in [6, 6.07) is 10.4. The molecule has 0 saturated carbocycles. The van der Waals surface area contributed by atoms with E-state index in [1.54, 1.807) is 17.0 Å². The highest BCUT2D eigenvalue weighted by molar-refractivity contribution is 7.22. The molecule has 176 valence electrons. The number of carbonyl (C=O) groups is 2. The molecule has 1 aliphatic heterocycles. The van der Waals surface area contributed by atoms with Gasteiger partial charge < -0.3 is 9.80 Å². The maximum atomic E-state index is 14.2. The van der Waals surface area contributed by atoms with Gasteiger partial charge in [0, 0.05) is 25.2 Å². The van der Waals surface area contributed by atoms with Crippen molar-refractivity contribution in [1.82, 2.24) is 9.88 Å². The molecule has 1 saturated heterocycles. The minimum atomic E-state index is -0.552. The van der Waals surface area contributed by atoms with Crippen LogP contribution in [0.5, 0.6) is 0 Å². The van der Waals surface area contributed by atoms with Crippen LogP contribution in [0, 0.1) is 17.6 Å². The summed E-state index contributed by atoms with van der Waals surface area (Å²) in [6.07, 6.45) is 0.777. The Kier molecular flexibility index (Phi) is 7.99. The summed E-state index contributed by atoms with van der Waals surface area (Å²) in [5, 5.41) is 0.432. The number of para-hydroxylation sites is 1. The second-order valence-electron chi connectivity index (χ2n) is 8.11. The number of rotatable bonds is 7. The molecule has 33 heavy (non-hydrogen) atoms. The van der Waals surface area contributed by atoms with Crippen molar-refractivity contribution in [3.05, 3.63) is 54.1 Å². The SMILES string of the molecule is CN(C)CCCN(C(=O)C1CC(=O)N(c2ccc(F)cc2)C1)c1nc2c(F)cccc2s1.Cl. The van der Waals surface area contributed by atoms with Crippen LogP contribution in [0.4, 0.5) is 19.6 Å². The van der Waals surface area contributed by atoms with Crippen molar-refractivity contribution >= 4 is 56.6 Å². The molecule has 0 bridgehead atoms. The first kappa shape index (κ1) is 25.0. The smallest absolute Gasteiger partial charge is 0.234 e. The number of thiazole rings is 1. The molecule has 0 N–H and O–H groups in total. The van der Waals surface area contributed by atoms with Gasteiger partial charge in [0.2, 0.25) is 11.8 Å². The Hall–Kier alpha value is -2.62. The number of hydrogen-bond donors (Lipinski definition) is 0. The lowest BCUT2D eigenvalue weighted by Crippen LogP contribution is -2.39. The van der Waals surface area contributed by atoms with Crippen LogP contribution in [-0.2, 0) is 9.59 Å². The predicted octanol–water partition coefficient (Wildman–Crippen LogP) is 4.33. The van der Waals surface area contributed by atoms with E-state index < -0.39 is 11.7 Å². The lowest BCUT2D eigenvalue weighted by molar-refractivity contribution is -0.124. The van der Waals surface area contributed by atoms with Crippen LogP contribution in [-0.4, -0.2) is 55.4 Å². The molecule has 0 radical (unpaired) electrons. The third-order valence-electron chi connectivity index (χ3n) is 5.46. The lowest BCUT2D eigenvalue weighted by Gasteiger charge is -2.24. The Labute approximate surface area is 201 Å². The largest absolute Gasteiger partial charge is 0.312 e. The standard InChI is InChI=1S/C23H24F2N4O2S.ClH/c1-27(2)11-4-12-28(23-26-21-18(25)5-3-6-19(21)32-23)22(31)15-13-20(30)29(14-15)17-9-7-16(24)8-10-17;/h3,5-10,15H,4,11-14H2,1-2H3;1H. The average Bonchev–Trinajstić information content (AvgIpc) is 3.36. The molecule has 1 aromatic heterocycles. The van der Waals surface area contributed by atoms with Crippen LogP contribution in [0.1, 0.15) is 12.8 Å². The Morgan fingerprint density at radius 2 is 1.88 bits per heavy atom. The van der Waals surface area contributed by atoms with Gasteiger partial charge in [-0.15, -0.1) is 12.4 Å². The number of benzene rings is 2. The Morgan fingerprint density at radius 1 is 1.15 bits per heavy atom. The predicted molar refractivity (Wildman–Crippen MR) is 129 cm³/mol. The zero-order valence-corrected chi connectivity index (χ0v) is 20.0. The molecule has 10 heteroatoms. The number of carbonyl (C=O) groups excluding carboxylic acids is 2. The summed E-state index contributed by atoms with van der Waals surface area (Å²) in [4.78, 5) is 35.6. The third kappa shape index (κ3) is 5.48. The fourth-order valence-corrected chi connectivity index (χ4v) is 4.84. The number of halogens is 3. The summed E-state index contributed by atoms with van der Waals surface area (Å²) in [7, 11) is 3.91. The molecule has 3 aromatic rings. The molecular formula is C23H25ClF2N4O2S. The van der Waals surface area contributed by atoms with Crippen LogP contribution in [0.2, 0.25) is 0 Å². The van der Waals surface area contributed by atoms with Crippen LogP contribution in [0.25, 0.3) is 10.2 Å². The molecule has 4 rings (SSSR count). The van der Waals surface area contributed by atoms with Crippen molar-refractivity contribution in [2.45, 2.75) is 12.8 Å². The van der Waals surface area contributed by atoms with E-state index in [4.69, 9.17) is 0 Å². The van der Waals surface area contributed by atoms with E-state index in [2.05, 4.69) is 4.98 Å². The summed E-state index contributed by atoms with van der Waals surface area (Å²) in [5.41, 5.74) is 0.807. The zero-order valence-electron chi connectivity index (χ0n) is 18.3. The quantitative estimate of drug-likeness (QED) is 0.490. The first-order chi connectivity index (χ1) is 15.3. The van der Waals surface area contributed by atoms with Gasteiger partial charge in [0.15, 0.2) is 5.13 Å². The van der Waals surface area contributed by atoms with Crippen molar-refractivity contribution in [1.29, 1.82) is 0 Å². The monoisotopic (exact) mass is 494 g/mol. The van der Waals surface area contributed by atoms with E-state index in [0.29, 0.717) is 28.5 Å². The maximum Gasteiger partial charge on any atom is 0.234 e. The highest BCUT2D eigenvalue weighted by Gasteiger charge is 2.38. The van der Waals surface area contributed by atoms with Gasteiger partial charge in [-0.3, -0.25) is 14.5 Å². The summed E-state index contributed by atoms with van der Waals surface area (Å²) < 4.78 is 28.1. The van der Waals surface area contributed by atoms with Crippen molar-refractivity contribution in [2.24, 2.45) is 5.92 Å². The maximum absolute atomic E-state index is 14.2. The molecule has 1 atom stereocenters. The average molecular weight is 495 g/mol. The molecule has 0 spiro atoms. The van der Waals surface area contributed by atoms with Gasteiger partial charge in [-0.1, -0.05) is 17.4 Å². The fraction of sp³-hybridized carbons (Fsp3) is 0.348. The van der Waals surface area contributed by atoms with E-state index in [1.807, 2.05) is 19.0 Å². The second kappa shape index (κ2) is 10.5. The first-order valence-corrected chi connectivity index (χ1v) is 11.2. The fourth-order valence-electron chi connectivity index (χ4n) is 3.83. The Balaban J connectivity index is 0.00000306. The lowest BCUT2D eigenvalue weighted by atomic mass is 10.1. The van der Waals surface area contributed by atoms with Crippen molar-refractivity contribution in [2.75, 3.05) is 43.5 Å². The van der Waals surface area contributed by atoms with E-state index in [9.17, 15) is 18.4 Å². The van der Waals surface area contributed by atoms with Gasteiger partial charge >= 0.3 is 0 Å². The van der Waals surface area contributed by atoms with E-state index in [1.165, 1.54) is 46.6 Å². The highest BCUT2D eigenvalue weighted by Crippen LogP contribution is 2.33. The molecule has 1 unspecified atom stereocenters. The number of aromatic nitrogens is 1. The van der Waals surface area contributed by atoms with Gasteiger partial charge in [0.25, 0.3) is 0 Å². The van der Waals surface area contributed by atoms with Gasteiger partial charge in [0.1, 0.15) is 17.2 Å². The van der Waals surface area contributed by atoms with Gasteiger partial charge in [-0.25, -0.2) is 13.8 Å². The molecule has 6 nitrogen and oxygen atoms in total. The van der Waals surface area contributed by atoms with Gasteiger partial charge in [-0.2, -0.15) is 0 Å². The molecule has 1 fully saturated rings. The molecule has 1 aliphatic rings. The second-order valence-corrected chi connectivity index (χ2v) is 9.12. The Bertz CT molecular complexity index is 1140. The van der Waals surface area contributed by atoms with Crippen molar-refractivity contribution in [3.8, 4) is 0 Å². The van der Waals surface area contributed by atoms with E-state index >= 15 is 0 Å². The van der Waals surface area contributed by atoms with Crippen LogP contribution in [0.15, 0.2) is 42.5 Å². The topological polar surface area (TPSA) is 56.8 Å². The molecule has 2 aromatic carbocycles. The zero-order chi connectivity index (χ0) is 22.8. The van der Waals surface area contributed by atoms with Crippen molar-refractivity contribution < 1.29 is 18.4 Å². The number of nitrogens with zero attached hydrogens (tertiary/aromatic N) is 4. The van der Waals surface area contributed by atoms with Crippen molar-refractivity contribution in [3.63, 3.8) is 0 Å². The van der Waals surface area contributed by atoms with E-state index in [0.717, 1.165) is 6.54 Å². The molecular weight excluding hydrogens is 470 g/mol.